The number of halogens is 1. The second-order valence-corrected chi connectivity index (χ2v) is 6.85. The molecule has 5 nitrogen and oxygen atoms in total. The van der Waals surface area contributed by atoms with Crippen LogP contribution in [0.2, 0.25) is 0 Å². The third kappa shape index (κ3) is 4.17. The average molecular weight is 376 g/mol. The number of nitrogens with zero attached hydrogens (tertiary/aromatic N) is 3. The van der Waals surface area contributed by atoms with Gasteiger partial charge in [-0.05, 0) is 49.6 Å². The van der Waals surface area contributed by atoms with Crippen LogP contribution in [-0.4, -0.2) is 29.0 Å². The molecule has 0 unspecified atom stereocenters. The summed E-state index contributed by atoms with van der Waals surface area (Å²) in [4.78, 5) is 23.6. The molecule has 0 bridgehead atoms. The Balaban J connectivity index is 1.56. The molecule has 1 fully saturated rings. The monoisotopic (exact) mass is 376 g/mol. The Bertz CT molecular complexity index is 986. The van der Waals surface area contributed by atoms with Gasteiger partial charge in [-0.3, -0.25) is 4.79 Å². The molecule has 0 saturated carbocycles. The Morgan fingerprint density at radius 3 is 2.61 bits per heavy atom. The SMILES string of the molecule is O=C(Nc1cccc(F)c1)c1cccc(-c2cc(N3CCCCC3)ncn2)c1. The number of carbonyl (C=O) groups excluding carboxylic acids is 1. The number of nitrogens with one attached hydrogen (secondary N) is 1. The summed E-state index contributed by atoms with van der Waals surface area (Å²) < 4.78 is 13.3. The molecule has 1 N–H and O–H groups in total. The number of piperidine rings is 1. The number of amides is 1. The van der Waals surface area contributed by atoms with Crippen molar-refractivity contribution in [3.05, 3.63) is 72.3 Å². The molecule has 1 aromatic heterocycles. The van der Waals surface area contributed by atoms with Crippen LogP contribution in [0.3, 0.4) is 0 Å². The first-order valence-electron chi connectivity index (χ1n) is 9.43. The molecule has 1 aliphatic heterocycles. The van der Waals surface area contributed by atoms with Crippen molar-refractivity contribution in [1.29, 1.82) is 0 Å². The van der Waals surface area contributed by atoms with E-state index in [1.54, 1.807) is 30.6 Å². The number of hydrogen-bond donors (Lipinski definition) is 1. The molecule has 2 heterocycles. The molecule has 0 atom stereocenters. The molecule has 3 aromatic rings. The highest BCUT2D eigenvalue weighted by Crippen LogP contribution is 2.24. The number of hydrogen-bond acceptors (Lipinski definition) is 4. The number of carbonyl (C=O) groups is 1. The molecule has 1 saturated heterocycles. The fraction of sp³-hybridized carbons (Fsp3) is 0.227. The van der Waals surface area contributed by atoms with Crippen LogP contribution in [0.1, 0.15) is 29.6 Å². The predicted octanol–water partition coefficient (Wildman–Crippen LogP) is 4.53. The first kappa shape index (κ1) is 18.1. The summed E-state index contributed by atoms with van der Waals surface area (Å²) in [6.07, 6.45) is 5.18. The lowest BCUT2D eigenvalue weighted by Crippen LogP contribution is -2.30. The topological polar surface area (TPSA) is 58.1 Å². The van der Waals surface area contributed by atoms with E-state index in [9.17, 15) is 9.18 Å². The molecular formula is C22H21FN4O. The smallest absolute Gasteiger partial charge is 0.255 e. The summed E-state index contributed by atoms with van der Waals surface area (Å²) >= 11 is 0. The van der Waals surface area contributed by atoms with Crippen LogP contribution < -0.4 is 10.2 Å². The van der Waals surface area contributed by atoms with Crippen molar-refractivity contribution < 1.29 is 9.18 Å². The Kier molecular flexibility index (Phi) is 5.28. The number of aromatic nitrogens is 2. The number of rotatable bonds is 4. The highest BCUT2D eigenvalue weighted by Gasteiger charge is 2.14. The summed E-state index contributed by atoms with van der Waals surface area (Å²) in [5.41, 5.74) is 2.52. The van der Waals surface area contributed by atoms with Gasteiger partial charge in [-0.2, -0.15) is 0 Å². The van der Waals surface area contributed by atoms with Gasteiger partial charge >= 0.3 is 0 Å². The molecule has 1 aliphatic rings. The number of benzene rings is 2. The van der Waals surface area contributed by atoms with Crippen molar-refractivity contribution in [3.63, 3.8) is 0 Å². The van der Waals surface area contributed by atoms with Crippen molar-refractivity contribution in [2.45, 2.75) is 19.3 Å². The average Bonchev–Trinajstić information content (AvgIpc) is 2.74. The third-order valence-electron chi connectivity index (χ3n) is 4.84. The Labute approximate surface area is 163 Å². The van der Waals surface area contributed by atoms with Gasteiger partial charge in [0, 0.05) is 36.0 Å². The van der Waals surface area contributed by atoms with Crippen LogP contribution in [0, 0.1) is 5.82 Å². The van der Waals surface area contributed by atoms with Crippen LogP contribution >= 0.6 is 0 Å². The molecule has 4 rings (SSSR count). The van der Waals surface area contributed by atoms with E-state index in [-0.39, 0.29) is 5.91 Å². The van der Waals surface area contributed by atoms with Crippen molar-refractivity contribution >= 4 is 17.4 Å². The van der Waals surface area contributed by atoms with Crippen molar-refractivity contribution in [3.8, 4) is 11.3 Å². The van der Waals surface area contributed by atoms with E-state index in [0.29, 0.717) is 11.3 Å². The minimum Gasteiger partial charge on any atom is -0.357 e. The lowest BCUT2D eigenvalue weighted by molar-refractivity contribution is 0.102. The Morgan fingerprint density at radius 2 is 1.79 bits per heavy atom. The Hall–Kier alpha value is -3.28. The van der Waals surface area contributed by atoms with E-state index < -0.39 is 5.82 Å². The lowest BCUT2D eigenvalue weighted by atomic mass is 10.1. The van der Waals surface area contributed by atoms with Gasteiger partial charge < -0.3 is 10.2 Å². The minimum absolute atomic E-state index is 0.294. The summed E-state index contributed by atoms with van der Waals surface area (Å²) in [6.45, 7) is 2.01. The Morgan fingerprint density at radius 1 is 0.964 bits per heavy atom. The van der Waals surface area contributed by atoms with E-state index in [4.69, 9.17) is 0 Å². The first-order valence-corrected chi connectivity index (χ1v) is 9.43. The van der Waals surface area contributed by atoms with E-state index in [1.807, 2.05) is 18.2 Å². The van der Waals surface area contributed by atoms with Gasteiger partial charge in [0.2, 0.25) is 0 Å². The highest BCUT2D eigenvalue weighted by molar-refractivity contribution is 6.04. The molecule has 0 aliphatic carbocycles. The zero-order chi connectivity index (χ0) is 19.3. The maximum Gasteiger partial charge on any atom is 0.255 e. The molecule has 1 amide bonds. The van der Waals surface area contributed by atoms with Crippen LogP contribution in [0.5, 0.6) is 0 Å². The number of anilines is 2. The molecule has 28 heavy (non-hydrogen) atoms. The van der Waals surface area contributed by atoms with Crippen molar-refractivity contribution in [2.75, 3.05) is 23.3 Å². The zero-order valence-corrected chi connectivity index (χ0v) is 15.4. The molecule has 6 heteroatoms. The van der Waals surface area contributed by atoms with Gasteiger partial charge in [0.15, 0.2) is 0 Å². The maximum atomic E-state index is 13.3. The van der Waals surface area contributed by atoms with Crippen LogP contribution in [-0.2, 0) is 0 Å². The largest absolute Gasteiger partial charge is 0.357 e. The molecule has 2 aromatic carbocycles. The lowest BCUT2D eigenvalue weighted by Gasteiger charge is -2.27. The quantitative estimate of drug-likeness (QED) is 0.727. The van der Waals surface area contributed by atoms with Gasteiger partial charge in [0.05, 0.1) is 5.69 Å². The summed E-state index contributed by atoms with van der Waals surface area (Å²) in [5.74, 6) is 0.231. The van der Waals surface area contributed by atoms with E-state index in [2.05, 4.69) is 20.2 Å². The van der Waals surface area contributed by atoms with E-state index in [0.717, 1.165) is 30.2 Å². The van der Waals surface area contributed by atoms with Gasteiger partial charge in [-0.1, -0.05) is 18.2 Å². The first-order chi connectivity index (χ1) is 13.7. The highest BCUT2D eigenvalue weighted by atomic mass is 19.1. The second kappa shape index (κ2) is 8.17. The summed E-state index contributed by atoms with van der Waals surface area (Å²) in [7, 11) is 0. The van der Waals surface area contributed by atoms with Gasteiger partial charge in [0.25, 0.3) is 5.91 Å². The van der Waals surface area contributed by atoms with E-state index >= 15 is 0 Å². The fourth-order valence-electron chi connectivity index (χ4n) is 3.39. The zero-order valence-electron chi connectivity index (χ0n) is 15.4. The molecular weight excluding hydrogens is 355 g/mol. The molecule has 142 valence electrons. The normalized spacial score (nSPS) is 14.0. The fourth-order valence-corrected chi connectivity index (χ4v) is 3.39. The second-order valence-electron chi connectivity index (χ2n) is 6.85. The van der Waals surface area contributed by atoms with Gasteiger partial charge in [-0.25, -0.2) is 14.4 Å². The van der Waals surface area contributed by atoms with Gasteiger partial charge in [-0.15, -0.1) is 0 Å². The summed E-state index contributed by atoms with van der Waals surface area (Å²) in [6, 6.07) is 15.1. The van der Waals surface area contributed by atoms with Gasteiger partial charge in [0.1, 0.15) is 18.0 Å². The maximum absolute atomic E-state index is 13.3. The van der Waals surface area contributed by atoms with Crippen LogP contribution in [0.4, 0.5) is 15.9 Å². The summed E-state index contributed by atoms with van der Waals surface area (Å²) in [5, 5.41) is 2.72. The molecule has 0 spiro atoms. The van der Waals surface area contributed by atoms with Crippen molar-refractivity contribution in [1.82, 2.24) is 9.97 Å². The molecule has 0 radical (unpaired) electrons. The van der Waals surface area contributed by atoms with Crippen LogP contribution in [0.15, 0.2) is 60.9 Å². The minimum atomic E-state index is -0.391. The standard InChI is InChI=1S/C22H21FN4O/c23-18-8-5-9-19(13-18)26-22(28)17-7-4-6-16(12-17)20-14-21(25-15-24-20)27-10-2-1-3-11-27/h4-9,12-15H,1-3,10-11H2,(H,26,28). The predicted molar refractivity (Wildman–Crippen MR) is 108 cm³/mol. The third-order valence-corrected chi connectivity index (χ3v) is 4.84. The van der Waals surface area contributed by atoms with Crippen LogP contribution in [0.25, 0.3) is 11.3 Å². The van der Waals surface area contributed by atoms with Crippen molar-refractivity contribution in [2.24, 2.45) is 0 Å². The van der Waals surface area contributed by atoms with E-state index in [1.165, 1.54) is 31.4 Å².